The van der Waals surface area contributed by atoms with Gasteiger partial charge in [0.1, 0.15) is 10.9 Å². The number of ether oxygens (including phenoxy) is 2. The quantitative estimate of drug-likeness (QED) is 0.176. The van der Waals surface area contributed by atoms with Crippen LogP contribution in [-0.4, -0.2) is 103 Å². The fourth-order valence-electron chi connectivity index (χ4n) is 10.3. The van der Waals surface area contributed by atoms with Crippen LogP contribution in [-0.2, 0) is 50.9 Å². The maximum Gasteiger partial charge on any atom is 0.405 e. The number of hydrazine groups is 1. The average molecular weight is 894 g/mol. The van der Waals surface area contributed by atoms with Crippen molar-refractivity contribution in [3.8, 4) is 28.6 Å². The summed E-state index contributed by atoms with van der Waals surface area (Å²) in [7, 11) is 1.74. The molecule has 3 aromatic heterocycles. The number of aromatic nitrogens is 3. The highest BCUT2D eigenvalue weighted by Gasteiger charge is 2.49. The van der Waals surface area contributed by atoms with E-state index in [9.17, 15) is 20.0 Å². The molecule has 2 saturated carbocycles. The second kappa shape index (κ2) is 18.1. The number of fused-ring (bicyclic) bond motifs is 6. The van der Waals surface area contributed by atoms with Crippen LogP contribution in [0.25, 0.3) is 33.4 Å². The number of aliphatic hydroxyl groups is 1. The highest BCUT2D eigenvalue weighted by molar-refractivity contribution is 7.44. The molecule has 63 heavy (non-hydrogen) atoms. The topological polar surface area (TPSA) is 149 Å². The lowest BCUT2D eigenvalue weighted by molar-refractivity contribution is -0.456. The van der Waals surface area contributed by atoms with E-state index in [-0.39, 0.29) is 30.9 Å². The Morgan fingerprint density at radius 3 is 2.65 bits per heavy atom. The van der Waals surface area contributed by atoms with Gasteiger partial charge in [-0.05, 0) is 125 Å². The van der Waals surface area contributed by atoms with E-state index >= 15 is 0 Å². The van der Waals surface area contributed by atoms with Gasteiger partial charge in [-0.25, -0.2) is 15.2 Å². The number of carbonyl (C=O) groups excluding carboxylic acids is 2. The number of carbonyl (C=O) groups is 2. The number of hydrogen-bond acceptors (Lipinski definition) is 12. The molecule has 2 unspecified atom stereocenters. The van der Waals surface area contributed by atoms with Crippen molar-refractivity contribution in [1.29, 1.82) is 5.26 Å². The van der Waals surface area contributed by atoms with Gasteiger partial charge in [0.15, 0.2) is 6.29 Å². The number of nitriles is 1. The molecule has 2 aliphatic carbocycles. The molecular formula is C48H61N8O5S2+. The molecule has 6 heterocycles. The highest BCUT2D eigenvalue weighted by Crippen LogP contribution is 2.44. The molecule has 0 radical (unpaired) electrons. The molecule has 2 saturated heterocycles. The van der Waals surface area contributed by atoms with Crippen molar-refractivity contribution in [2.24, 2.45) is 17.3 Å². The summed E-state index contributed by atoms with van der Waals surface area (Å²) < 4.78 is 15.9. The number of aliphatic hydroxyl groups excluding tert-OH is 1. The zero-order valence-corrected chi connectivity index (χ0v) is 38.8. The van der Waals surface area contributed by atoms with E-state index in [1.807, 2.05) is 5.38 Å². The van der Waals surface area contributed by atoms with Gasteiger partial charge >= 0.3 is 11.8 Å². The first kappa shape index (κ1) is 44.2. The number of amides is 2. The molecule has 0 spiro atoms. The van der Waals surface area contributed by atoms with E-state index in [1.165, 1.54) is 40.3 Å². The van der Waals surface area contributed by atoms with Crippen molar-refractivity contribution in [1.82, 2.24) is 29.9 Å². The fraction of sp³-hybridized carbons (Fsp3) is 0.604. The Labute approximate surface area is 379 Å². The second-order valence-corrected chi connectivity index (χ2v) is 20.6. The molecule has 5 aliphatic rings. The number of likely N-dealkylation sites (tertiary alicyclic amines) is 1. The van der Waals surface area contributed by atoms with Gasteiger partial charge in [-0.1, -0.05) is 23.9 Å². The van der Waals surface area contributed by atoms with Crippen molar-refractivity contribution in [3.05, 3.63) is 57.7 Å². The van der Waals surface area contributed by atoms with Gasteiger partial charge in [0.25, 0.3) is 18.5 Å². The van der Waals surface area contributed by atoms with Crippen LogP contribution in [0.15, 0.2) is 35.8 Å². The smallest absolute Gasteiger partial charge is 0.375 e. The lowest BCUT2D eigenvalue weighted by atomic mass is 9.74. The number of benzene rings is 1. The Morgan fingerprint density at radius 2 is 1.95 bits per heavy atom. The van der Waals surface area contributed by atoms with Crippen LogP contribution >= 0.6 is 11.3 Å². The number of pyridine rings is 1. The van der Waals surface area contributed by atoms with E-state index in [0.29, 0.717) is 49.6 Å². The molecule has 13 nitrogen and oxygen atoms in total. The third-order valence-electron chi connectivity index (χ3n) is 14.4. The van der Waals surface area contributed by atoms with E-state index in [2.05, 4.69) is 79.1 Å². The van der Waals surface area contributed by atoms with Crippen LogP contribution in [0.3, 0.4) is 0 Å². The number of hydrogen-bond donors (Lipinski definition) is 2. The zero-order valence-electron chi connectivity index (χ0n) is 37.2. The van der Waals surface area contributed by atoms with Crippen molar-refractivity contribution < 1.29 is 28.1 Å². The van der Waals surface area contributed by atoms with Crippen LogP contribution in [0.2, 0.25) is 0 Å². The van der Waals surface area contributed by atoms with Gasteiger partial charge in [-0.3, -0.25) is 14.8 Å². The zero-order chi connectivity index (χ0) is 44.2. The van der Waals surface area contributed by atoms with Crippen LogP contribution in [0, 0.1) is 28.6 Å². The molecular weight excluding hydrogens is 833 g/mol. The molecule has 1 aromatic carbocycles. The summed E-state index contributed by atoms with van der Waals surface area (Å²) in [4.78, 5) is 41.2. The van der Waals surface area contributed by atoms with Crippen LogP contribution in [0.1, 0.15) is 113 Å². The molecule has 2 N–H and O–H groups in total. The van der Waals surface area contributed by atoms with Crippen molar-refractivity contribution >= 4 is 46.5 Å². The number of methoxy groups -OCH3 is 1. The molecule has 15 heteroatoms. The monoisotopic (exact) mass is 893 g/mol. The molecule has 6 atom stereocenters. The van der Waals surface area contributed by atoms with E-state index in [4.69, 9.17) is 31.9 Å². The Hall–Kier alpha value is -4.01. The van der Waals surface area contributed by atoms with Crippen molar-refractivity contribution in [2.75, 3.05) is 33.4 Å². The molecule has 3 aliphatic heterocycles. The first-order valence-electron chi connectivity index (χ1n) is 23.0. The first-order chi connectivity index (χ1) is 30.4. The van der Waals surface area contributed by atoms with Gasteiger partial charge in [-0.15, -0.1) is 11.3 Å². The summed E-state index contributed by atoms with van der Waals surface area (Å²) in [5, 5.41) is 26.6. The fourth-order valence-corrected chi connectivity index (χ4v) is 11.5. The summed E-state index contributed by atoms with van der Waals surface area (Å²) in [6.07, 6.45) is 8.74. The van der Waals surface area contributed by atoms with E-state index in [1.54, 1.807) is 7.11 Å². The number of rotatable bonds is 8. The number of piperidine rings is 1. The molecule has 4 fully saturated rings. The summed E-state index contributed by atoms with van der Waals surface area (Å²) in [6, 6.07) is 10.4. The lowest BCUT2D eigenvalue weighted by Gasteiger charge is -2.37. The number of nitrogens with zero attached hydrogens (tertiary/aromatic N) is 7. The molecule has 334 valence electrons. The number of thiazole rings is 1. The van der Waals surface area contributed by atoms with Gasteiger partial charge < -0.3 is 24.0 Å². The first-order valence-corrected chi connectivity index (χ1v) is 24.3. The molecule has 9 rings (SSSR count). The lowest BCUT2D eigenvalue weighted by Crippen LogP contribution is -2.61. The number of aryl methyl sites for hydroxylation is 1. The summed E-state index contributed by atoms with van der Waals surface area (Å²) in [5.74, 6) is -1.26. The predicted octanol–water partition coefficient (Wildman–Crippen LogP) is 7.04. The predicted molar refractivity (Wildman–Crippen MR) is 243 cm³/mol. The maximum absolute atomic E-state index is 14.4. The minimum Gasteiger partial charge on any atom is -0.375 e. The van der Waals surface area contributed by atoms with E-state index in [0.717, 1.165) is 81.6 Å². The Morgan fingerprint density at radius 1 is 1.16 bits per heavy atom. The minimum absolute atomic E-state index is 0.117. The van der Waals surface area contributed by atoms with Gasteiger partial charge in [0.05, 0.1) is 54.2 Å². The number of nitrogens with one attached hydrogen (secondary N) is 1. The summed E-state index contributed by atoms with van der Waals surface area (Å²) in [6.45, 7) is 12.2. The second-order valence-electron chi connectivity index (χ2n) is 19.3. The Bertz CT molecular complexity index is 2430. The Balaban J connectivity index is 1.15. The van der Waals surface area contributed by atoms with Crippen LogP contribution < -0.4 is 5.43 Å². The van der Waals surface area contributed by atoms with Crippen molar-refractivity contribution in [3.63, 3.8) is 0 Å². The molecule has 6 bridgehead atoms. The SMILES string of the molecule is CCn1c(-c2cc(C3CCN(C4CC4)CC3)cnc2[C@H](C)OC)c2c3cc(ccc31)-c1csc(n1)CC([N+](=S)C(=O)[C@@H]1CC[C@H]1C#N)C(=O)N1CCC[C@H](N1)C(O)OCC(C)(C)C2. The van der Waals surface area contributed by atoms with Gasteiger partial charge in [0.2, 0.25) is 0 Å². The Kier molecular flexibility index (Phi) is 12.7. The third-order valence-corrected chi connectivity index (χ3v) is 15.7. The standard InChI is InChI=1S/C48H61N8O5S2/c1-6-54-40-14-10-30-20-35(40)37(44(54)36-21-32(25-50-43(36)28(2)60-5)29-15-18-53(19-16-29)33-11-12-33)23-48(3,4)27-61-47(59)38-8-7-17-55(52-38)46(58)41(22-42-51-39(30)26-63-42)56(62)45(57)34-13-9-31(34)24-49/h10,14,20-21,25-26,28-29,31,33-34,38,41,47,52,59H,6-9,11-13,15-19,22-23,27H2,1-5H3/q+1/t28-,31-,34+,38-,41?,47?/m0/s1. The van der Waals surface area contributed by atoms with Crippen molar-refractivity contribution in [2.45, 2.75) is 135 Å². The normalized spacial score (nSPS) is 26.5. The van der Waals surface area contributed by atoms with Crippen LogP contribution in [0.5, 0.6) is 0 Å². The van der Waals surface area contributed by atoms with E-state index < -0.39 is 35.6 Å². The molecule has 4 aromatic rings. The van der Waals surface area contributed by atoms with Gasteiger partial charge in [0, 0.05) is 59.8 Å². The summed E-state index contributed by atoms with van der Waals surface area (Å²) in [5.41, 5.74) is 11.2. The summed E-state index contributed by atoms with van der Waals surface area (Å²) >= 11 is 7.21. The minimum atomic E-state index is -1.20. The molecule has 2 amide bonds. The average Bonchev–Trinajstić information content (AvgIpc) is 3.96. The van der Waals surface area contributed by atoms with Crippen LogP contribution in [0.4, 0.5) is 0 Å². The largest absolute Gasteiger partial charge is 0.405 e. The maximum atomic E-state index is 14.4. The van der Waals surface area contributed by atoms with Gasteiger partial charge in [-0.2, -0.15) is 5.26 Å². The third kappa shape index (κ3) is 8.77. The highest BCUT2D eigenvalue weighted by atomic mass is 32.1.